The molecule has 0 radical (unpaired) electrons. The second kappa shape index (κ2) is 6.20. The van der Waals surface area contributed by atoms with E-state index in [4.69, 9.17) is 5.73 Å². The number of hydrogen-bond donors (Lipinski definition) is 1. The van der Waals surface area contributed by atoms with Crippen molar-refractivity contribution in [2.24, 2.45) is 11.7 Å². The highest BCUT2D eigenvalue weighted by Gasteiger charge is 2.33. The Balaban J connectivity index is 2.08. The van der Waals surface area contributed by atoms with Crippen LogP contribution in [0.25, 0.3) is 0 Å². The highest BCUT2D eigenvalue weighted by atomic mass is 16.2. The lowest BCUT2D eigenvalue weighted by molar-refractivity contribution is -0.119. The first-order valence-corrected chi connectivity index (χ1v) is 7.23. The summed E-state index contributed by atoms with van der Waals surface area (Å²) < 4.78 is 0. The van der Waals surface area contributed by atoms with Crippen LogP contribution >= 0.6 is 0 Å². The molecule has 1 aliphatic carbocycles. The lowest BCUT2D eigenvalue weighted by Gasteiger charge is -2.23. The molecule has 104 valence electrons. The van der Waals surface area contributed by atoms with Crippen molar-refractivity contribution < 1.29 is 4.79 Å². The summed E-state index contributed by atoms with van der Waals surface area (Å²) in [4.78, 5) is 14.4. The van der Waals surface area contributed by atoms with Crippen molar-refractivity contribution in [2.45, 2.75) is 52.1 Å². The predicted octanol–water partition coefficient (Wildman–Crippen LogP) is 3.08. The SMILES string of the molecule is CC(C)CCC(=O)N(c1ccc(CN)cc1)C1CC1. The maximum absolute atomic E-state index is 12.4. The van der Waals surface area contributed by atoms with Gasteiger partial charge < -0.3 is 10.6 Å². The van der Waals surface area contributed by atoms with E-state index in [-0.39, 0.29) is 5.91 Å². The van der Waals surface area contributed by atoms with Crippen molar-refractivity contribution >= 4 is 11.6 Å². The molecule has 1 aliphatic rings. The third-order valence-corrected chi connectivity index (χ3v) is 3.57. The molecule has 1 fully saturated rings. The number of anilines is 1. The third kappa shape index (κ3) is 3.80. The zero-order valence-corrected chi connectivity index (χ0v) is 11.9. The summed E-state index contributed by atoms with van der Waals surface area (Å²) in [5.41, 5.74) is 7.74. The van der Waals surface area contributed by atoms with Crippen LogP contribution in [-0.2, 0) is 11.3 Å². The van der Waals surface area contributed by atoms with Crippen LogP contribution in [0.3, 0.4) is 0 Å². The standard InChI is InChI=1S/C16H24N2O/c1-12(2)3-10-16(19)18(15-8-9-15)14-6-4-13(11-17)5-7-14/h4-7,12,15H,3,8-11,17H2,1-2H3. The summed E-state index contributed by atoms with van der Waals surface area (Å²) in [6.45, 7) is 4.86. The summed E-state index contributed by atoms with van der Waals surface area (Å²) in [7, 11) is 0. The van der Waals surface area contributed by atoms with Crippen molar-refractivity contribution in [2.75, 3.05) is 4.90 Å². The molecule has 1 amide bonds. The van der Waals surface area contributed by atoms with Crippen LogP contribution in [0.5, 0.6) is 0 Å². The maximum atomic E-state index is 12.4. The predicted molar refractivity (Wildman–Crippen MR) is 78.9 cm³/mol. The van der Waals surface area contributed by atoms with Gasteiger partial charge in [-0.15, -0.1) is 0 Å². The van der Waals surface area contributed by atoms with Gasteiger partial charge in [0.1, 0.15) is 0 Å². The molecule has 0 aromatic heterocycles. The minimum atomic E-state index is 0.261. The molecule has 2 N–H and O–H groups in total. The molecule has 1 saturated carbocycles. The number of nitrogens with zero attached hydrogens (tertiary/aromatic N) is 1. The molecule has 1 aromatic carbocycles. The fourth-order valence-electron chi connectivity index (χ4n) is 2.22. The summed E-state index contributed by atoms with van der Waals surface area (Å²) >= 11 is 0. The van der Waals surface area contributed by atoms with Crippen LogP contribution in [0.15, 0.2) is 24.3 Å². The van der Waals surface area contributed by atoms with Crippen molar-refractivity contribution in [3.8, 4) is 0 Å². The fraction of sp³-hybridized carbons (Fsp3) is 0.562. The highest BCUT2D eigenvalue weighted by molar-refractivity contribution is 5.94. The van der Waals surface area contributed by atoms with Crippen LogP contribution in [0.2, 0.25) is 0 Å². The molecule has 0 bridgehead atoms. The quantitative estimate of drug-likeness (QED) is 0.854. The number of benzene rings is 1. The van der Waals surface area contributed by atoms with Crippen molar-refractivity contribution in [3.05, 3.63) is 29.8 Å². The van der Waals surface area contributed by atoms with Gasteiger partial charge in [-0.05, 0) is 42.9 Å². The Kier molecular flexibility index (Phi) is 4.59. The zero-order valence-electron chi connectivity index (χ0n) is 11.9. The topological polar surface area (TPSA) is 46.3 Å². The van der Waals surface area contributed by atoms with Crippen molar-refractivity contribution in [1.29, 1.82) is 0 Å². The van der Waals surface area contributed by atoms with Gasteiger partial charge in [0.05, 0.1) is 0 Å². The minimum Gasteiger partial charge on any atom is -0.326 e. The Labute approximate surface area is 115 Å². The first-order chi connectivity index (χ1) is 9.11. The van der Waals surface area contributed by atoms with E-state index in [1.807, 2.05) is 29.2 Å². The molecule has 2 rings (SSSR count). The Morgan fingerprint density at radius 1 is 1.32 bits per heavy atom. The van der Waals surface area contributed by atoms with Crippen LogP contribution in [0.4, 0.5) is 5.69 Å². The van der Waals surface area contributed by atoms with Crippen LogP contribution in [0.1, 0.15) is 45.1 Å². The van der Waals surface area contributed by atoms with Gasteiger partial charge in [-0.25, -0.2) is 0 Å². The Hall–Kier alpha value is -1.35. The molecular formula is C16H24N2O. The molecule has 0 atom stereocenters. The average molecular weight is 260 g/mol. The third-order valence-electron chi connectivity index (χ3n) is 3.57. The Morgan fingerprint density at radius 3 is 2.42 bits per heavy atom. The van der Waals surface area contributed by atoms with Gasteiger partial charge in [0.25, 0.3) is 0 Å². The fourth-order valence-corrected chi connectivity index (χ4v) is 2.22. The molecule has 19 heavy (non-hydrogen) atoms. The molecule has 3 nitrogen and oxygen atoms in total. The number of carbonyl (C=O) groups excluding carboxylic acids is 1. The summed E-state index contributed by atoms with van der Waals surface area (Å²) in [5.74, 6) is 0.835. The van der Waals surface area contributed by atoms with E-state index in [9.17, 15) is 4.79 Å². The Bertz CT molecular complexity index is 421. The van der Waals surface area contributed by atoms with Gasteiger partial charge in [-0.1, -0.05) is 26.0 Å². The second-order valence-electron chi connectivity index (χ2n) is 5.80. The average Bonchev–Trinajstić information content (AvgIpc) is 3.22. The zero-order chi connectivity index (χ0) is 13.8. The Morgan fingerprint density at radius 2 is 1.95 bits per heavy atom. The summed E-state index contributed by atoms with van der Waals surface area (Å²) in [6.07, 6.45) is 3.87. The van der Waals surface area contributed by atoms with Crippen molar-refractivity contribution in [1.82, 2.24) is 0 Å². The lowest BCUT2D eigenvalue weighted by Crippen LogP contribution is -2.33. The molecule has 0 saturated heterocycles. The number of nitrogens with two attached hydrogens (primary N) is 1. The van der Waals surface area contributed by atoms with Crippen LogP contribution < -0.4 is 10.6 Å². The number of amides is 1. The number of carbonyl (C=O) groups is 1. The van der Waals surface area contributed by atoms with Gasteiger partial charge in [0, 0.05) is 24.7 Å². The summed E-state index contributed by atoms with van der Waals surface area (Å²) in [6, 6.07) is 8.49. The first-order valence-electron chi connectivity index (χ1n) is 7.23. The van der Waals surface area contributed by atoms with E-state index in [1.54, 1.807) is 0 Å². The normalized spacial score (nSPS) is 14.7. The molecule has 0 aliphatic heterocycles. The number of rotatable bonds is 6. The molecule has 0 unspecified atom stereocenters. The van der Waals surface area contributed by atoms with E-state index < -0.39 is 0 Å². The van der Waals surface area contributed by atoms with Crippen molar-refractivity contribution in [3.63, 3.8) is 0 Å². The van der Waals surface area contributed by atoms with E-state index in [0.29, 0.717) is 24.9 Å². The molecule has 3 heteroatoms. The van der Waals surface area contributed by atoms with E-state index >= 15 is 0 Å². The minimum absolute atomic E-state index is 0.261. The van der Waals surface area contributed by atoms with Gasteiger partial charge >= 0.3 is 0 Å². The maximum Gasteiger partial charge on any atom is 0.227 e. The highest BCUT2D eigenvalue weighted by Crippen LogP contribution is 2.32. The van der Waals surface area contributed by atoms with E-state index in [1.165, 1.54) is 0 Å². The van der Waals surface area contributed by atoms with Crippen LogP contribution in [-0.4, -0.2) is 11.9 Å². The van der Waals surface area contributed by atoms with Gasteiger partial charge in [0.15, 0.2) is 0 Å². The second-order valence-corrected chi connectivity index (χ2v) is 5.80. The largest absolute Gasteiger partial charge is 0.326 e. The molecule has 0 heterocycles. The monoisotopic (exact) mass is 260 g/mol. The van der Waals surface area contributed by atoms with Crippen LogP contribution in [0, 0.1) is 5.92 Å². The van der Waals surface area contributed by atoms with E-state index in [0.717, 1.165) is 30.5 Å². The lowest BCUT2D eigenvalue weighted by atomic mass is 10.1. The van der Waals surface area contributed by atoms with Gasteiger partial charge in [0.2, 0.25) is 5.91 Å². The van der Waals surface area contributed by atoms with Gasteiger partial charge in [-0.2, -0.15) is 0 Å². The smallest absolute Gasteiger partial charge is 0.227 e. The van der Waals surface area contributed by atoms with Gasteiger partial charge in [-0.3, -0.25) is 4.79 Å². The molecular weight excluding hydrogens is 236 g/mol. The van der Waals surface area contributed by atoms with E-state index in [2.05, 4.69) is 13.8 Å². The molecule has 0 spiro atoms. The summed E-state index contributed by atoms with van der Waals surface area (Å²) in [5, 5.41) is 0. The molecule has 1 aromatic rings. The number of hydrogen-bond acceptors (Lipinski definition) is 2. The first kappa shape index (κ1) is 14.1.